The van der Waals surface area contributed by atoms with Crippen molar-refractivity contribution in [1.29, 1.82) is 0 Å². The predicted octanol–water partition coefficient (Wildman–Crippen LogP) is 3.90. The van der Waals surface area contributed by atoms with Gasteiger partial charge in [-0.05, 0) is 18.1 Å². The van der Waals surface area contributed by atoms with E-state index < -0.39 is 0 Å². The summed E-state index contributed by atoms with van der Waals surface area (Å²) < 4.78 is 1.79. The average Bonchev–Trinajstić information content (AvgIpc) is 3.12. The number of hydrogen-bond acceptors (Lipinski definition) is 5. The van der Waals surface area contributed by atoms with Crippen LogP contribution >= 0.6 is 0 Å². The maximum Gasteiger partial charge on any atom is 0.185 e. The number of benzene rings is 1. The molecule has 0 spiro atoms. The highest BCUT2D eigenvalue weighted by atomic mass is 15.4. The van der Waals surface area contributed by atoms with Crippen molar-refractivity contribution < 1.29 is 0 Å². The Labute approximate surface area is 166 Å². The molecule has 0 saturated heterocycles. The van der Waals surface area contributed by atoms with Crippen LogP contribution in [0.4, 0.5) is 5.82 Å². The minimum Gasteiger partial charge on any atom is -0.367 e. The molecule has 1 atom stereocenters. The van der Waals surface area contributed by atoms with Crippen LogP contribution in [-0.4, -0.2) is 50.4 Å². The first-order valence-electron chi connectivity index (χ1n) is 9.61. The van der Waals surface area contributed by atoms with E-state index in [2.05, 4.69) is 47.4 Å². The summed E-state index contributed by atoms with van der Waals surface area (Å²) in [6, 6.07) is 14.2. The van der Waals surface area contributed by atoms with E-state index in [1.54, 1.807) is 4.52 Å². The van der Waals surface area contributed by atoms with E-state index in [4.69, 9.17) is 5.10 Å². The highest BCUT2D eigenvalue weighted by molar-refractivity contribution is 5.59. The fourth-order valence-corrected chi connectivity index (χ4v) is 3.32. The third kappa shape index (κ3) is 4.46. The summed E-state index contributed by atoms with van der Waals surface area (Å²) in [7, 11) is 0. The van der Waals surface area contributed by atoms with E-state index in [9.17, 15) is 0 Å². The summed E-state index contributed by atoms with van der Waals surface area (Å²) in [4.78, 5) is 2.37. The first-order chi connectivity index (χ1) is 13.6. The molecule has 0 aliphatic carbocycles. The second-order valence-electron chi connectivity index (χ2n) is 7.10. The zero-order valence-electron chi connectivity index (χ0n) is 16.6. The van der Waals surface area contributed by atoms with Gasteiger partial charge in [-0.1, -0.05) is 56.3 Å². The molecule has 6 nitrogen and oxygen atoms in total. The number of rotatable bonds is 10. The van der Waals surface area contributed by atoms with Crippen LogP contribution in [0.2, 0.25) is 0 Å². The molecule has 6 heteroatoms. The highest BCUT2D eigenvalue weighted by Gasteiger charge is 2.20. The minimum absolute atomic E-state index is 0.336. The number of nitrogens with zero attached hydrogens (tertiary/aromatic N) is 5. The first-order valence-corrected chi connectivity index (χ1v) is 9.61. The van der Waals surface area contributed by atoms with Crippen LogP contribution in [0.15, 0.2) is 67.8 Å². The smallest absolute Gasteiger partial charge is 0.185 e. The van der Waals surface area contributed by atoms with Crippen molar-refractivity contribution in [2.75, 3.05) is 25.0 Å². The fourth-order valence-electron chi connectivity index (χ4n) is 3.32. The predicted molar refractivity (Wildman–Crippen MR) is 115 cm³/mol. The van der Waals surface area contributed by atoms with E-state index in [1.165, 1.54) is 0 Å². The van der Waals surface area contributed by atoms with Gasteiger partial charge in [0, 0.05) is 31.2 Å². The Morgan fingerprint density at radius 1 is 1.04 bits per heavy atom. The Kier molecular flexibility index (Phi) is 6.55. The molecule has 1 N–H and O–H groups in total. The molecule has 28 heavy (non-hydrogen) atoms. The molecule has 0 unspecified atom stereocenters. The van der Waals surface area contributed by atoms with Crippen molar-refractivity contribution in [3.8, 4) is 11.4 Å². The Balaban J connectivity index is 1.81. The molecule has 0 aliphatic heterocycles. The van der Waals surface area contributed by atoms with Crippen molar-refractivity contribution in [2.24, 2.45) is 5.92 Å². The molecule has 1 aromatic carbocycles. The molecule has 3 rings (SSSR count). The van der Waals surface area contributed by atoms with Crippen molar-refractivity contribution in [3.63, 3.8) is 0 Å². The van der Waals surface area contributed by atoms with E-state index in [0.29, 0.717) is 12.0 Å². The SMILES string of the molecule is C=CCN(CC=C)[C@H](CNc1ccc2nnc(-c3ccccc3)n2n1)C(C)C. The van der Waals surface area contributed by atoms with Crippen LogP contribution in [0.25, 0.3) is 17.0 Å². The standard InChI is InChI=1S/C22H28N6/c1-5-14-27(15-6-2)19(17(3)4)16-23-20-12-13-21-24-25-22(28(21)26-20)18-10-8-7-9-11-18/h5-13,17,19H,1-2,14-16H2,3-4H3,(H,23,26)/t19-/m1/s1. The lowest BCUT2D eigenvalue weighted by atomic mass is 10.0. The van der Waals surface area contributed by atoms with Crippen molar-refractivity contribution >= 4 is 11.5 Å². The number of fused-ring (bicyclic) bond motifs is 1. The Morgan fingerprint density at radius 3 is 2.39 bits per heavy atom. The zero-order valence-corrected chi connectivity index (χ0v) is 16.6. The van der Waals surface area contributed by atoms with Gasteiger partial charge in [-0.3, -0.25) is 4.90 Å². The lowest BCUT2D eigenvalue weighted by Gasteiger charge is -2.33. The Bertz CT molecular complexity index is 905. The Hall–Kier alpha value is -2.99. The van der Waals surface area contributed by atoms with Crippen molar-refractivity contribution in [3.05, 3.63) is 67.8 Å². The molecule has 146 valence electrons. The van der Waals surface area contributed by atoms with Gasteiger partial charge in [-0.15, -0.1) is 28.5 Å². The summed E-state index contributed by atoms with van der Waals surface area (Å²) in [5.74, 6) is 2.01. The molecule has 0 radical (unpaired) electrons. The number of hydrogen-bond donors (Lipinski definition) is 1. The normalized spacial score (nSPS) is 12.4. The molecule has 0 fully saturated rings. The van der Waals surface area contributed by atoms with Gasteiger partial charge < -0.3 is 5.32 Å². The molecule has 0 bridgehead atoms. The maximum atomic E-state index is 4.72. The molecule has 2 heterocycles. The van der Waals surface area contributed by atoms with E-state index >= 15 is 0 Å². The van der Waals surface area contributed by atoms with E-state index in [0.717, 1.165) is 42.5 Å². The summed E-state index contributed by atoms with van der Waals surface area (Å²) in [6.07, 6.45) is 3.87. The fraction of sp³-hybridized carbons (Fsp3) is 0.318. The van der Waals surface area contributed by atoms with Gasteiger partial charge in [0.05, 0.1) is 0 Å². The van der Waals surface area contributed by atoms with Gasteiger partial charge in [-0.25, -0.2) is 0 Å². The zero-order chi connectivity index (χ0) is 19.9. The van der Waals surface area contributed by atoms with Crippen LogP contribution in [0.5, 0.6) is 0 Å². The maximum absolute atomic E-state index is 4.72. The van der Waals surface area contributed by atoms with E-state index in [-0.39, 0.29) is 0 Å². The molecule has 2 aromatic heterocycles. The van der Waals surface area contributed by atoms with Crippen molar-refractivity contribution in [2.45, 2.75) is 19.9 Å². The summed E-state index contributed by atoms with van der Waals surface area (Å²) in [6.45, 7) is 14.7. The second kappa shape index (κ2) is 9.28. The van der Waals surface area contributed by atoms with Crippen LogP contribution in [0.1, 0.15) is 13.8 Å². The van der Waals surface area contributed by atoms with Gasteiger partial charge >= 0.3 is 0 Å². The molecule has 3 aromatic rings. The van der Waals surface area contributed by atoms with Crippen LogP contribution in [0.3, 0.4) is 0 Å². The van der Waals surface area contributed by atoms with Crippen molar-refractivity contribution in [1.82, 2.24) is 24.7 Å². The Morgan fingerprint density at radius 2 is 1.75 bits per heavy atom. The molecule has 0 saturated carbocycles. The van der Waals surface area contributed by atoms with E-state index in [1.807, 2.05) is 54.6 Å². The summed E-state index contributed by atoms with van der Waals surface area (Å²) in [5, 5.41) is 16.7. The first kappa shape index (κ1) is 19.8. The lowest BCUT2D eigenvalue weighted by molar-refractivity contribution is 0.199. The van der Waals surface area contributed by atoms with Gasteiger partial charge in [0.2, 0.25) is 0 Å². The largest absolute Gasteiger partial charge is 0.367 e. The third-order valence-corrected chi connectivity index (χ3v) is 4.75. The molecule has 0 aliphatic rings. The van der Waals surface area contributed by atoms with Crippen LogP contribution in [0, 0.1) is 5.92 Å². The van der Waals surface area contributed by atoms with Gasteiger partial charge in [-0.2, -0.15) is 4.52 Å². The second-order valence-corrected chi connectivity index (χ2v) is 7.10. The highest BCUT2D eigenvalue weighted by Crippen LogP contribution is 2.18. The average molecular weight is 377 g/mol. The van der Waals surface area contributed by atoms with Crippen LogP contribution < -0.4 is 5.32 Å². The monoisotopic (exact) mass is 376 g/mol. The topological polar surface area (TPSA) is 58.3 Å². The quantitative estimate of drug-likeness (QED) is 0.544. The number of aromatic nitrogens is 4. The van der Waals surface area contributed by atoms with Gasteiger partial charge in [0.25, 0.3) is 0 Å². The third-order valence-electron chi connectivity index (χ3n) is 4.75. The summed E-state index contributed by atoms with van der Waals surface area (Å²) >= 11 is 0. The van der Waals surface area contributed by atoms with Gasteiger partial charge in [0.15, 0.2) is 11.5 Å². The van der Waals surface area contributed by atoms with Gasteiger partial charge in [0.1, 0.15) is 5.82 Å². The molecular formula is C22H28N6. The number of anilines is 1. The lowest BCUT2D eigenvalue weighted by Crippen LogP contribution is -2.44. The molecular weight excluding hydrogens is 348 g/mol. The minimum atomic E-state index is 0.336. The summed E-state index contributed by atoms with van der Waals surface area (Å²) in [5.41, 5.74) is 1.72. The number of nitrogens with one attached hydrogen (secondary N) is 1. The van der Waals surface area contributed by atoms with Crippen LogP contribution in [-0.2, 0) is 0 Å². The molecule has 0 amide bonds.